The normalized spacial score (nSPS) is 17.3. The number of carbonyl (C=O) groups excluding carboxylic acids is 1. The number of benzene rings is 1. The molecule has 0 aromatic heterocycles. The van der Waals surface area contributed by atoms with Gasteiger partial charge in [-0.25, -0.2) is 4.79 Å². The maximum absolute atomic E-state index is 11.5. The average molecular weight is 218 g/mol. The van der Waals surface area contributed by atoms with Gasteiger partial charge >= 0.3 is 5.97 Å². The fourth-order valence-corrected chi connectivity index (χ4v) is 1.58. The zero-order chi connectivity index (χ0) is 11.6. The molecule has 0 spiro atoms. The van der Waals surface area contributed by atoms with Gasteiger partial charge in [0.25, 0.3) is 0 Å². The van der Waals surface area contributed by atoms with E-state index in [1.165, 1.54) is 0 Å². The molecule has 1 aromatic carbocycles. The zero-order valence-corrected chi connectivity index (χ0v) is 9.23. The smallest absolute Gasteiger partial charge is 0.334 e. The van der Waals surface area contributed by atoms with E-state index < -0.39 is 5.60 Å². The van der Waals surface area contributed by atoms with Crippen molar-refractivity contribution in [3.05, 3.63) is 48.0 Å². The number of ether oxygens (including phenoxy) is 2. The molecule has 16 heavy (non-hydrogen) atoms. The van der Waals surface area contributed by atoms with Gasteiger partial charge in [0, 0.05) is 11.1 Å². The van der Waals surface area contributed by atoms with Crippen LogP contribution in [0.15, 0.2) is 42.5 Å². The minimum absolute atomic E-state index is 0.368. The molecule has 1 heterocycles. The lowest BCUT2D eigenvalue weighted by molar-refractivity contribution is -0.214. The first kappa shape index (κ1) is 10.9. The van der Waals surface area contributed by atoms with Crippen molar-refractivity contribution in [1.82, 2.24) is 0 Å². The lowest BCUT2D eigenvalue weighted by Crippen LogP contribution is -2.50. The van der Waals surface area contributed by atoms with E-state index in [0.29, 0.717) is 18.8 Å². The summed E-state index contributed by atoms with van der Waals surface area (Å²) in [5.41, 5.74) is 0.759. The summed E-state index contributed by atoms with van der Waals surface area (Å²) in [7, 11) is 0. The molecule has 0 radical (unpaired) electrons. The summed E-state index contributed by atoms with van der Waals surface area (Å²) in [6, 6.07) is 9.65. The molecule has 0 unspecified atom stereocenters. The van der Waals surface area contributed by atoms with Crippen LogP contribution >= 0.6 is 0 Å². The Bertz CT molecular complexity index is 404. The Morgan fingerprint density at radius 3 is 2.44 bits per heavy atom. The lowest BCUT2D eigenvalue weighted by Gasteiger charge is -2.40. The lowest BCUT2D eigenvalue weighted by atomic mass is 9.92. The van der Waals surface area contributed by atoms with E-state index in [0.717, 1.165) is 5.56 Å². The summed E-state index contributed by atoms with van der Waals surface area (Å²) < 4.78 is 10.6. The summed E-state index contributed by atoms with van der Waals surface area (Å²) in [5, 5.41) is 0. The SMILES string of the molecule is C=C(C)C(=O)OC1(c2ccccc2)COC1. The molecule has 3 nitrogen and oxygen atoms in total. The van der Waals surface area contributed by atoms with E-state index in [1.807, 2.05) is 30.3 Å². The molecule has 1 fully saturated rings. The third-order valence-electron chi connectivity index (χ3n) is 2.61. The van der Waals surface area contributed by atoms with Crippen molar-refractivity contribution >= 4 is 5.97 Å². The second-order valence-corrected chi connectivity index (χ2v) is 4.02. The Morgan fingerprint density at radius 2 is 2.00 bits per heavy atom. The fraction of sp³-hybridized carbons (Fsp3) is 0.308. The van der Waals surface area contributed by atoms with Crippen LogP contribution < -0.4 is 0 Å². The van der Waals surface area contributed by atoms with E-state index in [2.05, 4.69) is 6.58 Å². The third-order valence-corrected chi connectivity index (χ3v) is 2.61. The highest BCUT2D eigenvalue weighted by Crippen LogP contribution is 2.34. The van der Waals surface area contributed by atoms with Crippen molar-refractivity contribution < 1.29 is 14.3 Å². The van der Waals surface area contributed by atoms with Crippen molar-refractivity contribution in [2.24, 2.45) is 0 Å². The second kappa shape index (κ2) is 4.10. The summed E-state index contributed by atoms with van der Waals surface area (Å²) in [6.45, 7) is 6.04. The first-order valence-corrected chi connectivity index (χ1v) is 5.16. The molecule has 0 aliphatic carbocycles. The number of hydrogen-bond donors (Lipinski definition) is 0. The van der Waals surface area contributed by atoms with Gasteiger partial charge in [-0.1, -0.05) is 36.9 Å². The molecule has 0 bridgehead atoms. The molecule has 0 N–H and O–H groups in total. The van der Waals surface area contributed by atoms with E-state index >= 15 is 0 Å². The van der Waals surface area contributed by atoms with Crippen molar-refractivity contribution in [3.63, 3.8) is 0 Å². The zero-order valence-electron chi connectivity index (χ0n) is 9.23. The first-order valence-electron chi connectivity index (χ1n) is 5.16. The Morgan fingerprint density at radius 1 is 1.38 bits per heavy atom. The van der Waals surface area contributed by atoms with Crippen LogP contribution in [0.25, 0.3) is 0 Å². The monoisotopic (exact) mass is 218 g/mol. The molecule has 3 heteroatoms. The topological polar surface area (TPSA) is 35.5 Å². The number of hydrogen-bond acceptors (Lipinski definition) is 3. The van der Waals surface area contributed by atoms with E-state index in [1.54, 1.807) is 6.92 Å². The predicted molar refractivity (Wildman–Crippen MR) is 59.8 cm³/mol. The first-order chi connectivity index (χ1) is 7.64. The largest absolute Gasteiger partial charge is 0.446 e. The number of carbonyl (C=O) groups is 1. The molecule has 0 amide bonds. The van der Waals surface area contributed by atoms with Crippen LogP contribution in [0.2, 0.25) is 0 Å². The fourth-order valence-electron chi connectivity index (χ4n) is 1.58. The van der Waals surface area contributed by atoms with Gasteiger partial charge in [0.2, 0.25) is 0 Å². The van der Waals surface area contributed by atoms with Gasteiger partial charge in [-0.3, -0.25) is 0 Å². The molecule has 2 rings (SSSR count). The highest BCUT2D eigenvalue weighted by Gasteiger charge is 2.44. The minimum Gasteiger partial charge on any atom is -0.446 e. The van der Waals surface area contributed by atoms with Crippen LogP contribution in [0, 0.1) is 0 Å². The molecule has 1 aliphatic rings. The Labute approximate surface area is 94.7 Å². The predicted octanol–water partition coefficient (Wildman–Crippen LogP) is 2.03. The number of esters is 1. The molecule has 1 aromatic rings. The highest BCUT2D eigenvalue weighted by molar-refractivity contribution is 5.87. The van der Waals surface area contributed by atoms with Crippen molar-refractivity contribution in [1.29, 1.82) is 0 Å². The van der Waals surface area contributed by atoms with Gasteiger partial charge in [0.15, 0.2) is 5.60 Å². The quantitative estimate of drug-likeness (QED) is 0.575. The van der Waals surface area contributed by atoms with Crippen molar-refractivity contribution in [2.75, 3.05) is 13.2 Å². The molecule has 0 saturated carbocycles. The van der Waals surface area contributed by atoms with Gasteiger partial charge in [-0.2, -0.15) is 0 Å². The van der Waals surface area contributed by atoms with Crippen LogP contribution in [0.1, 0.15) is 12.5 Å². The molecular weight excluding hydrogens is 204 g/mol. The van der Waals surface area contributed by atoms with Crippen LogP contribution in [-0.2, 0) is 19.9 Å². The van der Waals surface area contributed by atoms with Gasteiger partial charge in [-0.15, -0.1) is 0 Å². The summed E-state index contributed by atoms with van der Waals surface area (Å²) in [4.78, 5) is 11.5. The van der Waals surface area contributed by atoms with Gasteiger partial charge < -0.3 is 9.47 Å². The molecular formula is C13H14O3. The number of rotatable bonds is 3. The Kier molecular flexibility index (Phi) is 2.79. The second-order valence-electron chi connectivity index (χ2n) is 4.02. The molecule has 0 atom stereocenters. The van der Waals surface area contributed by atoms with E-state index in [4.69, 9.17) is 9.47 Å². The minimum atomic E-state index is -0.614. The maximum atomic E-state index is 11.5. The molecule has 1 saturated heterocycles. The van der Waals surface area contributed by atoms with Gasteiger partial charge in [0.1, 0.15) is 0 Å². The summed E-state index contributed by atoms with van der Waals surface area (Å²) in [6.07, 6.45) is 0. The van der Waals surface area contributed by atoms with Crippen LogP contribution in [0.5, 0.6) is 0 Å². The van der Waals surface area contributed by atoms with Crippen molar-refractivity contribution in [2.45, 2.75) is 12.5 Å². The third kappa shape index (κ3) is 1.86. The van der Waals surface area contributed by atoms with Crippen LogP contribution in [0.4, 0.5) is 0 Å². The summed E-state index contributed by atoms with van der Waals surface area (Å²) in [5.74, 6) is -0.368. The van der Waals surface area contributed by atoms with E-state index in [9.17, 15) is 4.79 Å². The highest BCUT2D eigenvalue weighted by atomic mass is 16.6. The van der Waals surface area contributed by atoms with Crippen LogP contribution in [0.3, 0.4) is 0 Å². The maximum Gasteiger partial charge on any atom is 0.334 e. The molecule has 84 valence electrons. The van der Waals surface area contributed by atoms with Gasteiger partial charge in [0.05, 0.1) is 13.2 Å². The van der Waals surface area contributed by atoms with E-state index in [-0.39, 0.29) is 5.97 Å². The van der Waals surface area contributed by atoms with Crippen LogP contribution in [-0.4, -0.2) is 19.2 Å². The summed E-state index contributed by atoms with van der Waals surface area (Å²) >= 11 is 0. The average Bonchev–Trinajstić information content (AvgIpc) is 2.24. The Balaban J connectivity index is 2.21. The molecule has 1 aliphatic heterocycles. The standard InChI is InChI=1S/C13H14O3/c1-10(2)12(14)16-13(8-15-9-13)11-6-4-3-5-7-11/h3-7H,1,8-9H2,2H3. The van der Waals surface area contributed by atoms with Gasteiger partial charge in [-0.05, 0) is 6.92 Å². The van der Waals surface area contributed by atoms with Crippen molar-refractivity contribution in [3.8, 4) is 0 Å². The Hall–Kier alpha value is -1.61.